The summed E-state index contributed by atoms with van der Waals surface area (Å²) in [5.74, 6) is 0.865. The van der Waals surface area contributed by atoms with Crippen LogP contribution in [0, 0.1) is 5.92 Å². The monoisotopic (exact) mass is 255 g/mol. The molecule has 2 aliphatic heterocycles. The highest BCUT2D eigenvalue weighted by Gasteiger charge is 2.34. The molecule has 0 saturated carbocycles. The topological polar surface area (TPSA) is 38.7 Å². The lowest BCUT2D eigenvalue weighted by Crippen LogP contribution is -2.54. The Kier molecular flexibility index (Phi) is 5.42. The third-order valence-corrected chi connectivity index (χ3v) is 4.79. The molecule has 0 bridgehead atoms. The van der Waals surface area contributed by atoms with E-state index < -0.39 is 0 Å². The summed E-state index contributed by atoms with van der Waals surface area (Å²) in [4.78, 5) is 5.16. The van der Waals surface area contributed by atoms with Gasteiger partial charge in [0.2, 0.25) is 0 Å². The number of hydrogen-bond donors (Lipinski definition) is 2. The van der Waals surface area contributed by atoms with Crippen molar-refractivity contribution in [2.75, 3.05) is 46.9 Å². The zero-order valence-electron chi connectivity index (χ0n) is 11.9. The van der Waals surface area contributed by atoms with Crippen LogP contribution in [0.2, 0.25) is 0 Å². The van der Waals surface area contributed by atoms with Crippen LogP contribution in [0.3, 0.4) is 0 Å². The van der Waals surface area contributed by atoms with Gasteiger partial charge in [-0.15, -0.1) is 0 Å². The minimum atomic E-state index is 0.286. The van der Waals surface area contributed by atoms with Gasteiger partial charge in [0.1, 0.15) is 0 Å². The van der Waals surface area contributed by atoms with Gasteiger partial charge in [-0.3, -0.25) is 0 Å². The average Bonchev–Trinajstić information content (AvgIpc) is 2.38. The molecule has 3 atom stereocenters. The summed E-state index contributed by atoms with van der Waals surface area (Å²) in [5.41, 5.74) is 0. The number of aliphatic hydroxyl groups excluding tert-OH is 1. The quantitative estimate of drug-likeness (QED) is 0.745. The summed E-state index contributed by atoms with van der Waals surface area (Å²) in [7, 11) is 4.29. The van der Waals surface area contributed by atoms with E-state index in [2.05, 4.69) is 22.2 Å². The van der Waals surface area contributed by atoms with Crippen molar-refractivity contribution >= 4 is 0 Å². The van der Waals surface area contributed by atoms with Crippen LogP contribution in [-0.2, 0) is 0 Å². The lowest BCUT2D eigenvalue weighted by molar-refractivity contribution is 0.0341. The Labute approximate surface area is 111 Å². The largest absolute Gasteiger partial charge is 0.396 e. The molecule has 0 aliphatic carbocycles. The second-order valence-corrected chi connectivity index (χ2v) is 6.00. The molecule has 4 nitrogen and oxygen atoms in total. The van der Waals surface area contributed by atoms with Crippen molar-refractivity contribution in [1.82, 2.24) is 15.1 Å². The molecule has 2 fully saturated rings. The fraction of sp³-hybridized carbons (Fsp3) is 1.00. The first-order valence-corrected chi connectivity index (χ1v) is 7.45. The summed E-state index contributed by atoms with van der Waals surface area (Å²) in [6, 6.07) is 1.26. The average molecular weight is 255 g/mol. The van der Waals surface area contributed by atoms with Crippen LogP contribution in [0.1, 0.15) is 25.7 Å². The van der Waals surface area contributed by atoms with Crippen LogP contribution in [0.4, 0.5) is 0 Å². The van der Waals surface area contributed by atoms with Gasteiger partial charge in [-0.25, -0.2) is 0 Å². The van der Waals surface area contributed by atoms with Crippen molar-refractivity contribution < 1.29 is 5.11 Å². The number of aliphatic hydroxyl groups is 1. The van der Waals surface area contributed by atoms with Crippen LogP contribution >= 0.6 is 0 Å². The van der Waals surface area contributed by atoms with Gasteiger partial charge in [-0.1, -0.05) is 0 Å². The van der Waals surface area contributed by atoms with E-state index in [1.807, 2.05) is 7.05 Å². The Morgan fingerprint density at radius 3 is 2.89 bits per heavy atom. The van der Waals surface area contributed by atoms with Gasteiger partial charge >= 0.3 is 0 Å². The van der Waals surface area contributed by atoms with Crippen LogP contribution in [-0.4, -0.2) is 73.9 Å². The summed E-state index contributed by atoms with van der Waals surface area (Å²) in [5, 5.41) is 12.4. The lowest BCUT2D eigenvalue weighted by Gasteiger charge is -2.46. The van der Waals surface area contributed by atoms with Crippen LogP contribution in [0.15, 0.2) is 0 Å². The summed E-state index contributed by atoms with van der Waals surface area (Å²) >= 11 is 0. The second kappa shape index (κ2) is 6.85. The fourth-order valence-electron chi connectivity index (χ4n) is 3.69. The standard InChI is InChI=1S/C14H29N3O/c1-15-13(6-9-18)11-17-8-5-14-12(10-17)4-3-7-16(14)2/h12-15,18H,3-11H2,1-2H3. The first kappa shape index (κ1) is 14.3. The number of hydrogen-bond acceptors (Lipinski definition) is 4. The summed E-state index contributed by atoms with van der Waals surface area (Å²) < 4.78 is 0. The predicted octanol–water partition coefficient (Wildman–Crippen LogP) is 0.373. The molecule has 0 aromatic heterocycles. The third kappa shape index (κ3) is 3.44. The fourth-order valence-corrected chi connectivity index (χ4v) is 3.69. The van der Waals surface area contributed by atoms with Crippen molar-refractivity contribution in [2.24, 2.45) is 5.92 Å². The van der Waals surface area contributed by atoms with Crippen molar-refractivity contribution in [1.29, 1.82) is 0 Å². The van der Waals surface area contributed by atoms with Crippen molar-refractivity contribution in [3.8, 4) is 0 Å². The maximum Gasteiger partial charge on any atom is 0.0446 e. The molecule has 0 amide bonds. The number of rotatable bonds is 5. The van der Waals surface area contributed by atoms with Gasteiger partial charge in [0, 0.05) is 31.8 Å². The molecule has 2 rings (SSSR count). The first-order chi connectivity index (χ1) is 8.74. The molecule has 18 heavy (non-hydrogen) atoms. The Morgan fingerprint density at radius 2 is 2.17 bits per heavy atom. The van der Waals surface area contributed by atoms with Crippen molar-refractivity contribution in [3.63, 3.8) is 0 Å². The molecule has 3 unspecified atom stereocenters. The van der Waals surface area contributed by atoms with Gasteiger partial charge in [0.15, 0.2) is 0 Å². The molecule has 0 aromatic rings. The highest BCUT2D eigenvalue weighted by molar-refractivity contribution is 4.90. The van der Waals surface area contributed by atoms with Gasteiger partial charge in [0.05, 0.1) is 0 Å². The molecule has 106 valence electrons. The van der Waals surface area contributed by atoms with Gasteiger partial charge in [-0.2, -0.15) is 0 Å². The van der Waals surface area contributed by atoms with E-state index in [1.165, 1.54) is 38.9 Å². The van der Waals surface area contributed by atoms with Crippen molar-refractivity contribution in [3.05, 3.63) is 0 Å². The molecular weight excluding hydrogens is 226 g/mol. The number of likely N-dealkylation sites (tertiary alicyclic amines) is 2. The molecule has 0 radical (unpaired) electrons. The second-order valence-electron chi connectivity index (χ2n) is 6.00. The maximum atomic E-state index is 9.05. The normalized spacial score (nSPS) is 32.2. The molecular formula is C14H29N3O. The Morgan fingerprint density at radius 1 is 1.33 bits per heavy atom. The number of nitrogens with zero attached hydrogens (tertiary/aromatic N) is 2. The minimum absolute atomic E-state index is 0.286. The van der Waals surface area contributed by atoms with E-state index in [-0.39, 0.29) is 6.61 Å². The van der Waals surface area contributed by atoms with E-state index in [0.29, 0.717) is 6.04 Å². The number of likely N-dealkylation sites (N-methyl/N-ethyl adjacent to an activating group) is 1. The number of nitrogens with one attached hydrogen (secondary N) is 1. The highest BCUT2D eigenvalue weighted by Crippen LogP contribution is 2.29. The zero-order valence-corrected chi connectivity index (χ0v) is 11.9. The van der Waals surface area contributed by atoms with E-state index in [1.54, 1.807) is 0 Å². The van der Waals surface area contributed by atoms with Gasteiger partial charge in [0.25, 0.3) is 0 Å². The minimum Gasteiger partial charge on any atom is -0.396 e. The molecule has 0 spiro atoms. The molecule has 2 saturated heterocycles. The van der Waals surface area contributed by atoms with Crippen molar-refractivity contribution in [2.45, 2.75) is 37.8 Å². The zero-order chi connectivity index (χ0) is 13.0. The van der Waals surface area contributed by atoms with Gasteiger partial charge < -0.3 is 20.2 Å². The summed E-state index contributed by atoms with van der Waals surface area (Å²) in [6.45, 7) is 5.12. The predicted molar refractivity (Wildman–Crippen MR) is 74.7 cm³/mol. The Hall–Kier alpha value is -0.160. The molecule has 2 aliphatic rings. The van der Waals surface area contributed by atoms with Crippen LogP contribution < -0.4 is 5.32 Å². The number of fused-ring (bicyclic) bond motifs is 1. The Balaban J connectivity index is 1.82. The maximum absolute atomic E-state index is 9.05. The highest BCUT2D eigenvalue weighted by atomic mass is 16.3. The molecule has 2 N–H and O–H groups in total. The number of piperidine rings is 2. The first-order valence-electron chi connectivity index (χ1n) is 7.45. The van der Waals surface area contributed by atoms with Crippen LogP contribution in [0.25, 0.3) is 0 Å². The lowest BCUT2D eigenvalue weighted by atomic mass is 9.84. The molecule has 4 heteroatoms. The molecule has 0 aromatic carbocycles. The third-order valence-electron chi connectivity index (χ3n) is 4.79. The summed E-state index contributed by atoms with van der Waals surface area (Å²) in [6.07, 6.45) is 4.94. The van der Waals surface area contributed by atoms with Crippen LogP contribution in [0.5, 0.6) is 0 Å². The van der Waals surface area contributed by atoms with E-state index >= 15 is 0 Å². The van der Waals surface area contributed by atoms with E-state index in [4.69, 9.17) is 5.11 Å². The smallest absolute Gasteiger partial charge is 0.0446 e. The SMILES string of the molecule is CNC(CCO)CN1CCC2C(CCCN2C)C1. The Bertz CT molecular complexity index is 249. The molecule has 2 heterocycles. The van der Waals surface area contributed by atoms with E-state index in [9.17, 15) is 0 Å². The van der Waals surface area contributed by atoms with E-state index in [0.717, 1.165) is 24.9 Å². The van der Waals surface area contributed by atoms with Gasteiger partial charge in [-0.05, 0) is 58.8 Å².